The molecule has 4 rings (SSSR count). The number of thioether (sulfide) groups is 1. The van der Waals surface area contributed by atoms with Gasteiger partial charge in [-0.2, -0.15) is 0 Å². The predicted octanol–water partition coefficient (Wildman–Crippen LogP) is 5.53. The van der Waals surface area contributed by atoms with E-state index in [1.54, 1.807) is 67.0 Å². The molecule has 3 N–H and O–H groups in total. The number of amides is 3. The lowest BCUT2D eigenvalue weighted by atomic mass is 10.1. The van der Waals surface area contributed by atoms with Crippen molar-refractivity contribution >= 4 is 46.9 Å². The number of hydrogen-bond donors (Lipinski definition) is 3. The van der Waals surface area contributed by atoms with Crippen molar-refractivity contribution in [3.8, 4) is 0 Å². The molecule has 0 aliphatic rings. The van der Waals surface area contributed by atoms with Gasteiger partial charge in [0.1, 0.15) is 5.70 Å². The molecular formula is C30H26N4O3S. The molecule has 0 saturated carbocycles. The number of rotatable bonds is 9. The first-order chi connectivity index (χ1) is 18.5. The molecule has 0 aliphatic carbocycles. The van der Waals surface area contributed by atoms with Crippen LogP contribution in [0.2, 0.25) is 0 Å². The van der Waals surface area contributed by atoms with E-state index in [9.17, 15) is 14.4 Å². The van der Waals surface area contributed by atoms with E-state index in [-0.39, 0.29) is 23.3 Å². The molecule has 0 bridgehead atoms. The minimum atomic E-state index is -0.452. The van der Waals surface area contributed by atoms with Crippen LogP contribution in [-0.2, 0) is 9.59 Å². The molecule has 4 aromatic rings. The fourth-order valence-electron chi connectivity index (χ4n) is 3.39. The van der Waals surface area contributed by atoms with Gasteiger partial charge in [0.15, 0.2) is 0 Å². The van der Waals surface area contributed by atoms with Crippen LogP contribution in [0.25, 0.3) is 6.08 Å². The first-order valence-electron chi connectivity index (χ1n) is 11.8. The second kappa shape index (κ2) is 13.0. The van der Waals surface area contributed by atoms with Crippen LogP contribution in [0.3, 0.4) is 0 Å². The zero-order valence-corrected chi connectivity index (χ0v) is 21.5. The Morgan fingerprint density at radius 3 is 2.13 bits per heavy atom. The van der Waals surface area contributed by atoms with E-state index in [1.807, 2.05) is 49.4 Å². The highest BCUT2D eigenvalue weighted by Gasteiger charge is 2.15. The van der Waals surface area contributed by atoms with E-state index in [0.29, 0.717) is 16.9 Å². The summed E-state index contributed by atoms with van der Waals surface area (Å²) in [4.78, 5) is 42.9. The summed E-state index contributed by atoms with van der Waals surface area (Å²) < 4.78 is 0. The van der Waals surface area contributed by atoms with Gasteiger partial charge < -0.3 is 16.0 Å². The summed E-state index contributed by atoms with van der Waals surface area (Å²) in [7, 11) is 0. The molecule has 1 aromatic heterocycles. The monoisotopic (exact) mass is 522 g/mol. The van der Waals surface area contributed by atoms with Crippen LogP contribution < -0.4 is 16.0 Å². The minimum absolute atomic E-state index is 0.119. The van der Waals surface area contributed by atoms with Crippen LogP contribution in [-0.4, -0.2) is 28.5 Å². The zero-order chi connectivity index (χ0) is 26.7. The molecule has 0 unspecified atom stereocenters. The topological polar surface area (TPSA) is 100 Å². The number of nitrogens with zero attached hydrogens (tertiary/aromatic N) is 1. The second-order valence-electron chi connectivity index (χ2n) is 8.34. The van der Waals surface area contributed by atoms with Gasteiger partial charge in [0.05, 0.1) is 5.75 Å². The van der Waals surface area contributed by atoms with Crippen molar-refractivity contribution in [1.29, 1.82) is 0 Å². The van der Waals surface area contributed by atoms with Crippen molar-refractivity contribution < 1.29 is 14.4 Å². The molecule has 0 aliphatic heterocycles. The molecule has 1 heterocycles. The Kier molecular flexibility index (Phi) is 9.04. The van der Waals surface area contributed by atoms with E-state index in [0.717, 1.165) is 16.0 Å². The Hall–Kier alpha value is -4.69. The Bertz CT molecular complexity index is 1420. The fraction of sp³-hybridized carbons (Fsp3) is 0.0667. The van der Waals surface area contributed by atoms with Crippen molar-refractivity contribution in [2.24, 2.45) is 0 Å². The summed E-state index contributed by atoms with van der Waals surface area (Å²) in [6.07, 6.45) is 4.87. The van der Waals surface area contributed by atoms with Gasteiger partial charge in [0.25, 0.3) is 11.8 Å². The maximum Gasteiger partial charge on any atom is 0.272 e. The molecule has 0 fully saturated rings. The molecule has 0 atom stereocenters. The Balaban J connectivity index is 1.40. The summed E-state index contributed by atoms with van der Waals surface area (Å²) in [6.45, 7) is 1.98. The van der Waals surface area contributed by atoms with Crippen LogP contribution in [0.1, 0.15) is 21.5 Å². The zero-order valence-electron chi connectivity index (χ0n) is 20.7. The number of hydrogen-bond acceptors (Lipinski definition) is 5. The van der Waals surface area contributed by atoms with Gasteiger partial charge in [0, 0.05) is 34.2 Å². The normalized spacial score (nSPS) is 10.9. The maximum atomic E-state index is 13.2. The Morgan fingerprint density at radius 2 is 1.45 bits per heavy atom. The quantitative estimate of drug-likeness (QED) is 0.198. The smallest absolute Gasteiger partial charge is 0.272 e. The van der Waals surface area contributed by atoms with Crippen molar-refractivity contribution in [3.05, 3.63) is 126 Å². The first kappa shape index (κ1) is 26.4. The Morgan fingerprint density at radius 1 is 0.789 bits per heavy atom. The van der Waals surface area contributed by atoms with E-state index >= 15 is 0 Å². The molecule has 8 heteroatoms. The summed E-state index contributed by atoms with van der Waals surface area (Å²) >= 11 is 1.38. The van der Waals surface area contributed by atoms with Gasteiger partial charge >= 0.3 is 0 Å². The number of nitrogens with one attached hydrogen (secondary N) is 3. The standard InChI is InChI=1S/C30H26N4O3S/c1-21-7-9-22(10-8-21)19-27(34-29(36)23-5-3-2-4-6-23)30(37)33-24-11-13-26(14-12-24)38-20-28(35)32-25-15-17-31-18-16-25/h2-19H,20H2,1H3,(H,33,37)(H,34,36)(H,31,32,35)/b27-19-. The maximum absolute atomic E-state index is 13.2. The second-order valence-corrected chi connectivity index (χ2v) is 9.39. The van der Waals surface area contributed by atoms with E-state index < -0.39 is 5.91 Å². The molecular weight excluding hydrogens is 496 g/mol. The SMILES string of the molecule is Cc1ccc(/C=C(\NC(=O)c2ccccc2)C(=O)Nc2ccc(SCC(=O)Nc3ccncc3)cc2)cc1. The van der Waals surface area contributed by atoms with E-state index in [2.05, 4.69) is 20.9 Å². The van der Waals surface area contributed by atoms with Gasteiger partial charge in [-0.25, -0.2) is 0 Å². The highest BCUT2D eigenvalue weighted by Crippen LogP contribution is 2.21. The number of carbonyl (C=O) groups excluding carboxylic acids is 3. The minimum Gasteiger partial charge on any atom is -0.325 e. The molecule has 3 aromatic carbocycles. The van der Waals surface area contributed by atoms with Crippen molar-refractivity contribution in [1.82, 2.24) is 10.3 Å². The summed E-state index contributed by atoms with van der Waals surface area (Å²) in [5, 5.41) is 8.39. The van der Waals surface area contributed by atoms with Gasteiger partial charge in [-0.15, -0.1) is 11.8 Å². The fourth-order valence-corrected chi connectivity index (χ4v) is 4.08. The number of anilines is 2. The lowest BCUT2D eigenvalue weighted by Crippen LogP contribution is -2.30. The van der Waals surface area contributed by atoms with E-state index in [1.165, 1.54) is 11.8 Å². The highest BCUT2D eigenvalue weighted by atomic mass is 32.2. The van der Waals surface area contributed by atoms with Crippen molar-refractivity contribution in [2.75, 3.05) is 16.4 Å². The van der Waals surface area contributed by atoms with Crippen LogP contribution in [0.4, 0.5) is 11.4 Å². The summed E-state index contributed by atoms with van der Waals surface area (Å²) in [5.41, 5.74) is 3.69. The molecule has 0 spiro atoms. The number of benzene rings is 3. The predicted molar refractivity (Wildman–Crippen MR) is 152 cm³/mol. The number of aromatic nitrogens is 1. The van der Waals surface area contributed by atoms with Crippen LogP contribution in [0.5, 0.6) is 0 Å². The summed E-state index contributed by atoms with van der Waals surface area (Å²) in [5.74, 6) is -0.718. The van der Waals surface area contributed by atoms with Gasteiger partial charge in [-0.05, 0) is 67.1 Å². The van der Waals surface area contributed by atoms with Crippen LogP contribution in [0, 0.1) is 6.92 Å². The lowest BCUT2D eigenvalue weighted by Gasteiger charge is -2.12. The molecule has 38 heavy (non-hydrogen) atoms. The van der Waals surface area contributed by atoms with Gasteiger partial charge in [-0.3, -0.25) is 19.4 Å². The molecule has 3 amide bonds. The highest BCUT2D eigenvalue weighted by molar-refractivity contribution is 8.00. The summed E-state index contributed by atoms with van der Waals surface area (Å²) in [6, 6.07) is 27.0. The molecule has 0 radical (unpaired) electrons. The average molecular weight is 523 g/mol. The number of aryl methyl sites for hydroxylation is 1. The molecule has 190 valence electrons. The van der Waals surface area contributed by atoms with E-state index in [4.69, 9.17) is 0 Å². The molecule has 7 nitrogen and oxygen atoms in total. The lowest BCUT2D eigenvalue weighted by molar-refractivity contribution is -0.114. The Labute approximate surface area is 225 Å². The van der Waals surface area contributed by atoms with Crippen LogP contribution >= 0.6 is 11.8 Å². The van der Waals surface area contributed by atoms with Crippen molar-refractivity contribution in [3.63, 3.8) is 0 Å². The largest absolute Gasteiger partial charge is 0.325 e. The number of pyridine rings is 1. The number of carbonyl (C=O) groups is 3. The van der Waals surface area contributed by atoms with Gasteiger partial charge in [0.2, 0.25) is 5.91 Å². The average Bonchev–Trinajstić information content (AvgIpc) is 2.94. The van der Waals surface area contributed by atoms with Gasteiger partial charge in [-0.1, -0.05) is 48.0 Å². The molecule has 0 saturated heterocycles. The van der Waals surface area contributed by atoms with Crippen LogP contribution in [0.15, 0.2) is 114 Å². The third-order valence-electron chi connectivity index (χ3n) is 5.36. The first-order valence-corrected chi connectivity index (χ1v) is 12.8. The third kappa shape index (κ3) is 7.91. The van der Waals surface area contributed by atoms with Crippen molar-refractivity contribution in [2.45, 2.75) is 11.8 Å². The third-order valence-corrected chi connectivity index (χ3v) is 6.38.